The molecule has 0 aliphatic heterocycles. The lowest BCUT2D eigenvalue weighted by atomic mass is 10.3. The molecule has 2 heterocycles. The molecule has 0 aliphatic carbocycles. The van der Waals surface area contributed by atoms with E-state index in [1.807, 2.05) is 16.3 Å². The number of nitrogens with zero attached hydrogens (tertiary/aromatic N) is 5. The molecule has 6 nitrogen and oxygen atoms in total. The van der Waals surface area contributed by atoms with Gasteiger partial charge in [0.25, 0.3) is 0 Å². The predicted molar refractivity (Wildman–Crippen MR) is 75.7 cm³/mol. The standard InChI is InChI=1S/C12H20N6S/c1-4-9-6-10(18(5-2)16-9)8-19-12-15-14-11(7-13)17(12)3/h6H,4-5,7-8,13H2,1-3H3. The van der Waals surface area contributed by atoms with Gasteiger partial charge >= 0.3 is 0 Å². The van der Waals surface area contributed by atoms with Crippen molar-refractivity contribution in [3.05, 3.63) is 23.3 Å². The number of hydrogen-bond donors (Lipinski definition) is 1. The average Bonchev–Trinajstić information content (AvgIpc) is 2.99. The van der Waals surface area contributed by atoms with E-state index in [0.29, 0.717) is 6.54 Å². The van der Waals surface area contributed by atoms with Crippen molar-refractivity contribution in [1.82, 2.24) is 24.5 Å². The molecule has 0 spiro atoms. The van der Waals surface area contributed by atoms with Gasteiger partial charge in [-0.15, -0.1) is 10.2 Å². The monoisotopic (exact) mass is 280 g/mol. The van der Waals surface area contributed by atoms with Crippen LogP contribution >= 0.6 is 11.8 Å². The van der Waals surface area contributed by atoms with Crippen LogP contribution < -0.4 is 5.73 Å². The highest BCUT2D eigenvalue weighted by Crippen LogP contribution is 2.21. The van der Waals surface area contributed by atoms with Gasteiger partial charge in [-0.2, -0.15) is 5.10 Å². The molecule has 0 unspecified atom stereocenters. The molecule has 2 aromatic rings. The smallest absolute Gasteiger partial charge is 0.191 e. The first-order valence-corrected chi connectivity index (χ1v) is 7.44. The minimum Gasteiger partial charge on any atom is -0.324 e. The molecule has 0 saturated carbocycles. The van der Waals surface area contributed by atoms with Crippen molar-refractivity contribution < 1.29 is 0 Å². The van der Waals surface area contributed by atoms with Gasteiger partial charge in [-0.05, 0) is 19.4 Å². The largest absolute Gasteiger partial charge is 0.324 e. The summed E-state index contributed by atoms with van der Waals surface area (Å²) in [6.45, 7) is 5.53. The van der Waals surface area contributed by atoms with Gasteiger partial charge in [0, 0.05) is 25.0 Å². The van der Waals surface area contributed by atoms with Gasteiger partial charge in [-0.25, -0.2) is 0 Å². The summed E-state index contributed by atoms with van der Waals surface area (Å²) in [6.07, 6.45) is 0.964. The highest BCUT2D eigenvalue weighted by Gasteiger charge is 2.11. The Kier molecular flexibility index (Phi) is 4.60. The van der Waals surface area contributed by atoms with Gasteiger partial charge in [0.15, 0.2) is 5.16 Å². The third kappa shape index (κ3) is 2.98. The zero-order valence-corrected chi connectivity index (χ0v) is 12.4. The van der Waals surface area contributed by atoms with Gasteiger partial charge in [0.2, 0.25) is 0 Å². The number of nitrogens with two attached hydrogens (primary N) is 1. The molecule has 0 aliphatic rings. The summed E-state index contributed by atoms with van der Waals surface area (Å²) in [5.74, 6) is 1.65. The number of thioether (sulfide) groups is 1. The molecule has 0 fully saturated rings. The van der Waals surface area contributed by atoms with Crippen LogP contribution in [0.2, 0.25) is 0 Å². The summed E-state index contributed by atoms with van der Waals surface area (Å²) in [7, 11) is 1.94. The van der Waals surface area contributed by atoms with E-state index in [9.17, 15) is 0 Å². The van der Waals surface area contributed by atoms with Crippen LogP contribution in [0.25, 0.3) is 0 Å². The quantitative estimate of drug-likeness (QED) is 0.808. The van der Waals surface area contributed by atoms with Gasteiger partial charge in [-0.3, -0.25) is 4.68 Å². The summed E-state index contributed by atoms with van der Waals surface area (Å²) >= 11 is 1.66. The fourth-order valence-electron chi connectivity index (χ4n) is 1.86. The Morgan fingerprint density at radius 2 is 2.11 bits per heavy atom. The molecule has 0 aromatic carbocycles. The molecule has 19 heavy (non-hydrogen) atoms. The number of aromatic nitrogens is 5. The van der Waals surface area contributed by atoms with E-state index in [0.717, 1.165) is 35.4 Å². The molecule has 2 aromatic heterocycles. The lowest BCUT2D eigenvalue weighted by Crippen LogP contribution is -2.05. The Morgan fingerprint density at radius 3 is 2.68 bits per heavy atom. The van der Waals surface area contributed by atoms with Gasteiger partial charge < -0.3 is 10.3 Å². The number of rotatable bonds is 6. The fraction of sp³-hybridized carbons (Fsp3) is 0.583. The third-order valence-electron chi connectivity index (χ3n) is 3.03. The van der Waals surface area contributed by atoms with Crippen molar-refractivity contribution in [3.63, 3.8) is 0 Å². The zero-order valence-electron chi connectivity index (χ0n) is 11.6. The van der Waals surface area contributed by atoms with E-state index in [1.54, 1.807) is 11.8 Å². The van der Waals surface area contributed by atoms with E-state index in [-0.39, 0.29) is 0 Å². The van der Waals surface area contributed by atoms with E-state index in [2.05, 4.69) is 35.2 Å². The van der Waals surface area contributed by atoms with E-state index in [1.165, 1.54) is 5.69 Å². The maximum absolute atomic E-state index is 5.59. The van der Waals surface area contributed by atoms with E-state index in [4.69, 9.17) is 5.73 Å². The third-order valence-corrected chi connectivity index (χ3v) is 4.09. The molecule has 2 N–H and O–H groups in total. The van der Waals surface area contributed by atoms with Crippen LogP contribution in [-0.4, -0.2) is 24.5 Å². The van der Waals surface area contributed by atoms with Crippen molar-refractivity contribution in [2.24, 2.45) is 12.8 Å². The topological polar surface area (TPSA) is 74.5 Å². The van der Waals surface area contributed by atoms with Crippen LogP contribution in [0.15, 0.2) is 11.2 Å². The SMILES string of the molecule is CCc1cc(CSc2nnc(CN)n2C)n(CC)n1. The highest BCUT2D eigenvalue weighted by atomic mass is 32.2. The van der Waals surface area contributed by atoms with Crippen LogP contribution in [0.3, 0.4) is 0 Å². The molecule has 0 atom stereocenters. The second kappa shape index (κ2) is 6.21. The summed E-state index contributed by atoms with van der Waals surface area (Å²) in [5.41, 5.74) is 7.95. The lowest BCUT2D eigenvalue weighted by Gasteiger charge is -2.04. The molecule has 2 rings (SSSR count). The minimum absolute atomic E-state index is 0.414. The van der Waals surface area contributed by atoms with Gasteiger partial charge in [0.05, 0.1) is 12.2 Å². The summed E-state index contributed by atoms with van der Waals surface area (Å²) < 4.78 is 3.99. The summed E-state index contributed by atoms with van der Waals surface area (Å²) in [4.78, 5) is 0. The van der Waals surface area contributed by atoms with Crippen molar-refractivity contribution >= 4 is 11.8 Å². The molecule has 0 amide bonds. The molecule has 7 heteroatoms. The Morgan fingerprint density at radius 1 is 1.32 bits per heavy atom. The Labute approximate surface area is 117 Å². The molecule has 104 valence electrons. The summed E-state index contributed by atoms with van der Waals surface area (Å²) in [5, 5.41) is 13.6. The zero-order chi connectivity index (χ0) is 13.8. The van der Waals surface area contributed by atoms with Gasteiger partial charge in [0.1, 0.15) is 5.82 Å². The Balaban J connectivity index is 2.09. The van der Waals surface area contributed by atoms with Crippen molar-refractivity contribution in [2.45, 2.75) is 44.3 Å². The number of hydrogen-bond acceptors (Lipinski definition) is 5. The molecular weight excluding hydrogens is 260 g/mol. The lowest BCUT2D eigenvalue weighted by molar-refractivity contribution is 0.627. The highest BCUT2D eigenvalue weighted by molar-refractivity contribution is 7.98. The second-order valence-electron chi connectivity index (χ2n) is 4.25. The molecule has 0 saturated heterocycles. The minimum atomic E-state index is 0.414. The van der Waals surface area contributed by atoms with Gasteiger partial charge in [-0.1, -0.05) is 18.7 Å². The molecular formula is C12H20N6S. The van der Waals surface area contributed by atoms with E-state index < -0.39 is 0 Å². The van der Waals surface area contributed by atoms with E-state index >= 15 is 0 Å². The Hall–Kier alpha value is -1.34. The summed E-state index contributed by atoms with van der Waals surface area (Å²) in [6, 6.07) is 2.16. The number of aryl methyl sites for hydroxylation is 2. The fourth-order valence-corrected chi connectivity index (χ4v) is 2.77. The first kappa shape index (κ1) is 14.1. The van der Waals surface area contributed by atoms with Crippen LogP contribution in [-0.2, 0) is 32.3 Å². The first-order valence-electron chi connectivity index (χ1n) is 6.46. The van der Waals surface area contributed by atoms with Crippen molar-refractivity contribution in [1.29, 1.82) is 0 Å². The van der Waals surface area contributed by atoms with Crippen molar-refractivity contribution in [3.8, 4) is 0 Å². The maximum atomic E-state index is 5.59. The first-order chi connectivity index (χ1) is 9.19. The van der Waals surface area contributed by atoms with Crippen LogP contribution in [0.1, 0.15) is 31.1 Å². The van der Waals surface area contributed by atoms with Crippen LogP contribution in [0, 0.1) is 0 Å². The molecule has 0 bridgehead atoms. The van der Waals surface area contributed by atoms with Crippen LogP contribution in [0.5, 0.6) is 0 Å². The second-order valence-corrected chi connectivity index (χ2v) is 5.19. The normalized spacial score (nSPS) is 11.2. The molecule has 0 radical (unpaired) electrons. The van der Waals surface area contributed by atoms with Crippen LogP contribution in [0.4, 0.5) is 0 Å². The van der Waals surface area contributed by atoms with Crippen molar-refractivity contribution in [2.75, 3.05) is 0 Å². The Bertz CT molecular complexity index is 544. The predicted octanol–water partition coefficient (Wildman–Crippen LogP) is 1.34. The maximum Gasteiger partial charge on any atom is 0.191 e. The average molecular weight is 280 g/mol.